The van der Waals surface area contributed by atoms with Crippen LogP contribution in [0.5, 0.6) is 5.75 Å². The molecule has 2 aromatic carbocycles. The van der Waals surface area contributed by atoms with E-state index < -0.39 is 5.97 Å². The largest absolute Gasteiger partial charge is 0.487 e. The highest BCUT2D eigenvalue weighted by molar-refractivity contribution is 5.96. The molecule has 0 aliphatic rings. The van der Waals surface area contributed by atoms with Crippen LogP contribution in [-0.4, -0.2) is 12.6 Å². The summed E-state index contributed by atoms with van der Waals surface area (Å²) in [5, 5.41) is 0. The van der Waals surface area contributed by atoms with Gasteiger partial charge in [0.2, 0.25) is 0 Å². The Morgan fingerprint density at radius 2 is 1.95 bits per heavy atom. The summed E-state index contributed by atoms with van der Waals surface area (Å²) in [5.41, 5.74) is 6.74. The van der Waals surface area contributed by atoms with E-state index in [0.29, 0.717) is 11.3 Å². The zero-order chi connectivity index (χ0) is 15.2. The Bertz CT molecular complexity index is 643. The van der Waals surface area contributed by atoms with Crippen molar-refractivity contribution in [3.63, 3.8) is 0 Å². The zero-order valence-electron chi connectivity index (χ0n) is 11.6. The molecule has 2 aromatic rings. The first-order chi connectivity index (χ1) is 10.1. The Balaban J connectivity index is 2.16. The lowest BCUT2D eigenvalue weighted by molar-refractivity contribution is 0.0527. The van der Waals surface area contributed by atoms with Crippen molar-refractivity contribution >= 4 is 11.7 Å². The first-order valence-electron chi connectivity index (χ1n) is 6.55. The number of esters is 1. The Labute approximate surface area is 122 Å². The molecule has 0 heterocycles. The predicted molar refractivity (Wildman–Crippen MR) is 77.5 cm³/mol. The Kier molecular flexibility index (Phi) is 4.77. The highest BCUT2D eigenvalue weighted by Crippen LogP contribution is 2.27. The molecular weight excluding hydrogens is 273 g/mol. The van der Waals surface area contributed by atoms with Crippen molar-refractivity contribution in [3.05, 3.63) is 59.4 Å². The summed E-state index contributed by atoms with van der Waals surface area (Å²) >= 11 is 0. The number of nitrogen functional groups attached to an aromatic ring is 1. The quantitative estimate of drug-likeness (QED) is 0.678. The number of hydrogen-bond acceptors (Lipinski definition) is 4. The fourth-order valence-corrected chi connectivity index (χ4v) is 1.83. The average molecular weight is 289 g/mol. The molecule has 0 atom stereocenters. The number of rotatable bonds is 5. The zero-order valence-corrected chi connectivity index (χ0v) is 11.6. The van der Waals surface area contributed by atoms with E-state index in [2.05, 4.69) is 0 Å². The summed E-state index contributed by atoms with van der Waals surface area (Å²) in [5.74, 6) is -0.534. The molecule has 0 aromatic heterocycles. The molecular formula is C16H16FNO3. The molecule has 0 saturated carbocycles. The molecule has 0 bridgehead atoms. The number of ether oxygens (including phenoxy) is 2. The second kappa shape index (κ2) is 6.74. The summed E-state index contributed by atoms with van der Waals surface area (Å²) in [7, 11) is 0. The van der Waals surface area contributed by atoms with E-state index >= 15 is 0 Å². The van der Waals surface area contributed by atoms with Gasteiger partial charge in [-0.1, -0.05) is 24.3 Å². The molecule has 4 nitrogen and oxygen atoms in total. The molecule has 2 rings (SSSR count). The summed E-state index contributed by atoms with van der Waals surface area (Å²) in [4.78, 5) is 11.7. The van der Waals surface area contributed by atoms with E-state index in [1.54, 1.807) is 43.3 Å². The SMILES string of the molecule is CCOC(=O)c1cccc(OCc2ccccc2F)c1N. The molecule has 110 valence electrons. The standard InChI is InChI=1S/C16H16FNO3/c1-2-20-16(19)12-7-5-9-14(15(12)18)21-10-11-6-3-4-8-13(11)17/h3-9H,2,10,18H2,1H3. The first-order valence-corrected chi connectivity index (χ1v) is 6.55. The van der Waals surface area contributed by atoms with Crippen molar-refractivity contribution in [2.75, 3.05) is 12.3 Å². The molecule has 2 N–H and O–H groups in total. The number of hydrogen-bond donors (Lipinski definition) is 1. The maximum atomic E-state index is 13.5. The Morgan fingerprint density at radius 1 is 1.19 bits per heavy atom. The second-order valence-electron chi connectivity index (χ2n) is 4.32. The Morgan fingerprint density at radius 3 is 2.67 bits per heavy atom. The number of nitrogens with two attached hydrogens (primary N) is 1. The summed E-state index contributed by atoms with van der Waals surface area (Å²) in [6.45, 7) is 2.01. The van der Waals surface area contributed by atoms with Gasteiger partial charge in [-0.25, -0.2) is 9.18 Å². The third kappa shape index (κ3) is 3.51. The smallest absolute Gasteiger partial charge is 0.340 e. The van der Waals surface area contributed by atoms with Crippen molar-refractivity contribution in [3.8, 4) is 5.75 Å². The van der Waals surface area contributed by atoms with Crippen molar-refractivity contribution in [1.82, 2.24) is 0 Å². The maximum absolute atomic E-state index is 13.5. The van der Waals surface area contributed by atoms with Gasteiger partial charge in [0.15, 0.2) is 0 Å². The lowest BCUT2D eigenvalue weighted by atomic mass is 10.1. The second-order valence-corrected chi connectivity index (χ2v) is 4.32. The van der Waals surface area contributed by atoms with Crippen LogP contribution in [0.4, 0.5) is 10.1 Å². The van der Waals surface area contributed by atoms with Crippen LogP contribution >= 0.6 is 0 Å². The van der Waals surface area contributed by atoms with Crippen LogP contribution in [0, 0.1) is 5.82 Å². The van der Waals surface area contributed by atoms with Gasteiger partial charge in [-0.05, 0) is 25.1 Å². The van der Waals surface area contributed by atoms with Gasteiger partial charge in [0.1, 0.15) is 18.2 Å². The van der Waals surface area contributed by atoms with Gasteiger partial charge in [-0.2, -0.15) is 0 Å². The maximum Gasteiger partial charge on any atom is 0.340 e. The lowest BCUT2D eigenvalue weighted by Crippen LogP contribution is -2.09. The molecule has 21 heavy (non-hydrogen) atoms. The van der Waals surface area contributed by atoms with Gasteiger partial charge in [0, 0.05) is 5.56 Å². The van der Waals surface area contributed by atoms with Crippen molar-refractivity contribution in [2.45, 2.75) is 13.5 Å². The third-order valence-corrected chi connectivity index (χ3v) is 2.90. The minimum Gasteiger partial charge on any atom is -0.487 e. The highest BCUT2D eigenvalue weighted by atomic mass is 19.1. The van der Waals surface area contributed by atoms with Crippen LogP contribution in [0.15, 0.2) is 42.5 Å². The fraction of sp³-hybridized carbons (Fsp3) is 0.188. The van der Waals surface area contributed by atoms with E-state index in [0.717, 1.165) is 0 Å². The van der Waals surface area contributed by atoms with Gasteiger partial charge in [-0.3, -0.25) is 0 Å². The monoisotopic (exact) mass is 289 g/mol. The minimum absolute atomic E-state index is 0.0309. The highest BCUT2D eigenvalue weighted by Gasteiger charge is 2.14. The minimum atomic E-state index is -0.508. The normalized spacial score (nSPS) is 10.2. The van der Waals surface area contributed by atoms with Crippen LogP contribution < -0.4 is 10.5 Å². The van der Waals surface area contributed by atoms with E-state index in [9.17, 15) is 9.18 Å². The molecule has 0 aliphatic carbocycles. The van der Waals surface area contributed by atoms with Crippen molar-refractivity contribution < 1.29 is 18.7 Å². The first kappa shape index (κ1) is 14.8. The molecule has 0 amide bonds. The lowest BCUT2D eigenvalue weighted by Gasteiger charge is -2.12. The molecule has 5 heteroatoms. The van der Waals surface area contributed by atoms with Crippen molar-refractivity contribution in [2.24, 2.45) is 0 Å². The van der Waals surface area contributed by atoms with E-state index in [1.807, 2.05) is 0 Å². The molecule has 0 fully saturated rings. The van der Waals surface area contributed by atoms with Crippen LogP contribution in [0.25, 0.3) is 0 Å². The van der Waals surface area contributed by atoms with Gasteiger partial charge in [-0.15, -0.1) is 0 Å². The molecule has 0 spiro atoms. The number of benzene rings is 2. The number of carbonyl (C=O) groups excluding carboxylic acids is 1. The van der Waals surface area contributed by atoms with E-state index in [1.165, 1.54) is 6.07 Å². The molecule has 0 saturated heterocycles. The van der Waals surface area contributed by atoms with Crippen LogP contribution in [0.3, 0.4) is 0 Å². The fourth-order valence-electron chi connectivity index (χ4n) is 1.83. The third-order valence-electron chi connectivity index (χ3n) is 2.90. The predicted octanol–water partition coefficient (Wildman–Crippen LogP) is 3.16. The number of para-hydroxylation sites is 1. The Hall–Kier alpha value is -2.56. The van der Waals surface area contributed by atoms with E-state index in [4.69, 9.17) is 15.2 Å². The van der Waals surface area contributed by atoms with Gasteiger partial charge >= 0.3 is 5.97 Å². The molecule has 0 radical (unpaired) electrons. The number of anilines is 1. The van der Waals surface area contributed by atoms with Crippen LogP contribution in [0.2, 0.25) is 0 Å². The summed E-state index contributed by atoms with van der Waals surface area (Å²) < 4.78 is 23.9. The van der Waals surface area contributed by atoms with Crippen LogP contribution in [-0.2, 0) is 11.3 Å². The van der Waals surface area contributed by atoms with Crippen LogP contribution in [0.1, 0.15) is 22.8 Å². The van der Waals surface area contributed by atoms with Crippen molar-refractivity contribution in [1.29, 1.82) is 0 Å². The molecule has 0 unspecified atom stereocenters. The summed E-state index contributed by atoms with van der Waals surface area (Å²) in [6, 6.07) is 11.1. The van der Waals surface area contributed by atoms with Gasteiger partial charge in [0.05, 0.1) is 17.9 Å². The molecule has 0 aliphatic heterocycles. The average Bonchev–Trinajstić information content (AvgIpc) is 2.48. The van der Waals surface area contributed by atoms with Gasteiger partial charge < -0.3 is 15.2 Å². The summed E-state index contributed by atoms with van der Waals surface area (Å²) in [6.07, 6.45) is 0. The van der Waals surface area contributed by atoms with Gasteiger partial charge in [0.25, 0.3) is 0 Å². The number of carbonyl (C=O) groups is 1. The number of halogens is 1. The topological polar surface area (TPSA) is 61.5 Å². The van der Waals surface area contributed by atoms with E-state index in [-0.39, 0.29) is 30.3 Å².